The largest absolute Gasteiger partial charge is 0.478 e. The summed E-state index contributed by atoms with van der Waals surface area (Å²) in [5.74, 6) is -2.46. The molecule has 2 N–H and O–H groups in total. The Bertz CT molecular complexity index is 577. The Morgan fingerprint density at radius 2 is 1.83 bits per heavy atom. The summed E-state index contributed by atoms with van der Waals surface area (Å²) in [5, 5.41) is 26.3. The fourth-order valence-electron chi connectivity index (χ4n) is 1.85. The lowest BCUT2D eigenvalue weighted by molar-refractivity contribution is -0.392. The number of hydrogen-bond donors (Lipinski definition) is 2. The van der Waals surface area contributed by atoms with Crippen molar-refractivity contribution in [3.8, 4) is 0 Å². The molecule has 1 aromatic rings. The number of nitro groups is 1. The van der Waals surface area contributed by atoms with Crippen LogP contribution >= 0.6 is 0 Å². The molecule has 0 aliphatic carbocycles. The molecular formula is C13H18N4O7. The van der Waals surface area contributed by atoms with Crippen LogP contribution in [0.15, 0.2) is 24.7 Å². The number of morpholine rings is 1. The van der Waals surface area contributed by atoms with Crippen LogP contribution in [0.25, 0.3) is 0 Å². The maximum absolute atomic E-state index is 10.6. The number of nitrogens with zero attached hydrogens (tertiary/aromatic N) is 4. The highest BCUT2D eigenvalue weighted by atomic mass is 16.6. The normalized spacial score (nSPS) is 14.8. The van der Waals surface area contributed by atoms with Gasteiger partial charge in [-0.05, 0) is 4.92 Å². The van der Waals surface area contributed by atoms with Crippen LogP contribution in [0, 0.1) is 10.1 Å². The van der Waals surface area contributed by atoms with Crippen LogP contribution in [0.2, 0.25) is 0 Å². The van der Waals surface area contributed by atoms with Crippen molar-refractivity contribution in [1.29, 1.82) is 0 Å². The van der Waals surface area contributed by atoms with Gasteiger partial charge in [0.05, 0.1) is 13.2 Å². The average Bonchev–Trinajstić information content (AvgIpc) is 3.01. The maximum Gasteiger partial charge on any atom is 0.342 e. The molecule has 0 aromatic carbocycles. The molecule has 0 bridgehead atoms. The van der Waals surface area contributed by atoms with E-state index in [0.29, 0.717) is 18.7 Å². The molecule has 2 rings (SSSR count). The Morgan fingerprint density at radius 3 is 2.33 bits per heavy atom. The molecule has 132 valence electrons. The number of rotatable bonds is 6. The highest BCUT2D eigenvalue weighted by Gasteiger charge is 2.15. The van der Waals surface area contributed by atoms with Crippen molar-refractivity contribution in [2.75, 3.05) is 32.8 Å². The summed E-state index contributed by atoms with van der Waals surface area (Å²) >= 11 is 0. The smallest absolute Gasteiger partial charge is 0.342 e. The lowest BCUT2D eigenvalue weighted by Crippen LogP contribution is -2.38. The van der Waals surface area contributed by atoms with Gasteiger partial charge in [-0.15, -0.1) is 0 Å². The number of aliphatic carboxylic acids is 2. The summed E-state index contributed by atoms with van der Waals surface area (Å²) in [5.41, 5.74) is 0. The minimum atomic E-state index is -1.26. The van der Waals surface area contributed by atoms with E-state index in [9.17, 15) is 19.7 Å². The summed E-state index contributed by atoms with van der Waals surface area (Å²) in [6, 6.07) is 0. The molecule has 2 heterocycles. The van der Waals surface area contributed by atoms with Crippen molar-refractivity contribution < 1.29 is 29.5 Å². The first-order valence-electron chi connectivity index (χ1n) is 6.98. The van der Waals surface area contributed by atoms with E-state index in [2.05, 4.69) is 9.88 Å². The van der Waals surface area contributed by atoms with E-state index >= 15 is 0 Å². The Labute approximate surface area is 136 Å². The summed E-state index contributed by atoms with van der Waals surface area (Å²) in [6.07, 6.45) is 3.89. The SMILES string of the molecule is O=C(O)/C=C\C(=O)O.O=[N+]([O-])c1cncn1CCN1CCOCC1. The Morgan fingerprint density at radius 1 is 1.25 bits per heavy atom. The predicted octanol–water partition coefficient (Wildman–Crippen LogP) is -0.165. The number of carboxylic acid groups (broad SMARTS) is 2. The van der Waals surface area contributed by atoms with E-state index in [1.54, 1.807) is 4.57 Å². The zero-order valence-corrected chi connectivity index (χ0v) is 12.8. The molecular weight excluding hydrogens is 324 g/mol. The molecule has 0 saturated carbocycles. The van der Waals surface area contributed by atoms with Gasteiger partial charge in [0.1, 0.15) is 12.7 Å². The molecule has 0 amide bonds. The van der Waals surface area contributed by atoms with Crippen molar-refractivity contribution in [2.45, 2.75) is 6.54 Å². The van der Waals surface area contributed by atoms with Crippen LogP contribution in [0.4, 0.5) is 5.82 Å². The minimum Gasteiger partial charge on any atom is -0.478 e. The Hall–Kier alpha value is -2.79. The van der Waals surface area contributed by atoms with Gasteiger partial charge in [-0.2, -0.15) is 0 Å². The molecule has 1 fully saturated rings. The maximum atomic E-state index is 10.6. The zero-order chi connectivity index (χ0) is 17.9. The van der Waals surface area contributed by atoms with Gasteiger partial charge in [0.15, 0.2) is 6.33 Å². The van der Waals surface area contributed by atoms with Crippen molar-refractivity contribution >= 4 is 17.8 Å². The standard InChI is InChI=1S/C9H14N4O3.C4H4O4/c14-13(15)9-7-10-8-12(9)2-1-11-3-5-16-6-4-11;5-3(6)1-2-4(7)8/h7-8H,1-6H2;1-2H,(H,5,6)(H,7,8)/b;2-1-. The lowest BCUT2D eigenvalue weighted by Gasteiger charge is -2.25. The highest BCUT2D eigenvalue weighted by molar-refractivity contribution is 5.89. The second kappa shape index (κ2) is 10.1. The molecule has 11 heteroatoms. The Balaban J connectivity index is 0.000000307. The van der Waals surface area contributed by atoms with E-state index in [-0.39, 0.29) is 5.82 Å². The highest BCUT2D eigenvalue weighted by Crippen LogP contribution is 2.09. The monoisotopic (exact) mass is 342 g/mol. The van der Waals surface area contributed by atoms with Gasteiger partial charge in [0, 0.05) is 31.8 Å². The number of ether oxygens (including phenoxy) is 1. The molecule has 1 saturated heterocycles. The van der Waals surface area contributed by atoms with Gasteiger partial charge in [-0.3, -0.25) is 4.90 Å². The molecule has 11 nitrogen and oxygen atoms in total. The molecule has 1 aliphatic rings. The first-order chi connectivity index (χ1) is 11.4. The summed E-state index contributed by atoms with van der Waals surface area (Å²) < 4.78 is 6.79. The summed E-state index contributed by atoms with van der Waals surface area (Å²) in [7, 11) is 0. The number of imidazole rings is 1. The fraction of sp³-hybridized carbons (Fsp3) is 0.462. The molecule has 1 aliphatic heterocycles. The third-order valence-electron chi connectivity index (χ3n) is 3.01. The van der Waals surface area contributed by atoms with E-state index in [4.69, 9.17) is 14.9 Å². The van der Waals surface area contributed by atoms with Crippen molar-refractivity contribution in [1.82, 2.24) is 14.5 Å². The number of hydrogen-bond acceptors (Lipinski definition) is 7. The average molecular weight is 342 g/mol. The summed E-state index contributed by atoms with van der Waals surface area (Å²) in [6.45, 7) is 4.65. The van der Waals surface area contributed by atoms with E-state index in [0.717, 1.165) is 32.8 Å². The molecule has 0 spiro atoms. The zero-order valence-electron chi connectivity index (χ0n) is 12.8. The first-order valence-corrected chi connectivity index (χ1v) is 6.98. The third-order valence-corrected chi connectivity index (χ3v) is 3.01. The number of carboxylic acids is 2. The lowest BCUT2D eigenvalue weighted by atomic mass is 10.4. The molecule has 1 aromatic heterocycles. The second-order valence-electron chi connectivity index (χ2n) is 4.67. The van der Waals surface area contributed by atoms with Gasteiger partial charge in [0.25, 0.3) is 0 Å². The third kappa shape index (κ3) is 7.47. The topological polar surface area (TPSA) is 148 Å². The van der Waals surface area contributed by atoms with Crippen LogP contribution in [-0.2, 0) is 20.9 Å². The van der Waals surface area contributed by atoms with E-state index < -0.39 is 16.9 Å². The molecule has 0 radical (unpaired) electrons. The fourth-order valence-corrected chi connectivity index (χ4v) is 1.85. The van der Waals surface area contributed by atoms with Crippen LogP contribution in [0.5, 0.6) is 0 Å². The van der Waals surface area contributed by atoms with Gasteiger partial charge < -0.3 is 25.1 Å². The van der Waals surface area contributed by atoms with Crippen LogP contribution in [-0.4, -0.2) is 74.4 Å². The van der Waals surface area contributed by atoms with E-state index in [1.165, 1.54) is 12.5 Å². The number of carbonyl (C=O) groups is 2. The first kappa shape index (κ1) is 19.3. The van der Waals surface area contributed by atoms with Crippen LogP contribution < -0.4 is 0 Å². The second-order valence-corrected chi connectivity index (χ2v) is 4.67. The van der Waals surface area contributed by atoms with Crippen molar-refractivity contribution in [3.63, 3.8) is 0 Å². The van der Waals surface area contributed by atoms with Crippen LogP contribution in [0.3, 0.4) is 0 Å². The number of aromatic nitrogens is 2. The van der Waals surface area contributed by atoms with Crippen LogP contribution in [0.1, 0.15) is 0 Å². The van der Waals surface area contributed by atoms with Gasteiger partial charge >= 0.3 is 17.8 Å². The molecule has 0 unspecified atom stereocenters. The van der Waals surface area contributed by atoms with Gasteiger partial charge in [0.2, 0.25) is 0 Å². The molecule has 24 heavy (non-hydrogen) atoms. The summed E-state index contributed by atoms with van der Waals surface area (Å²) in [4.78, 5) is 35.4. The Kier molecular flexibility index (Phi) is 8.08. The van der Waals surface area contributed by atoms with Crippen molar-refractivity contribution in [2.24, 2.45) is 0 Å². The predicted molar refractivity (Wildman–Crippen MR) is 80.6 cm³/mol. The quantitative estimate of drug-likeness (QED) is 0.408. The van der Waals surface area contributed by atoms with Crippen molar-refractivity contribution in [3.05, 3.63) is 34.8 Å². The van der Waals surface area contributed by atoms with Gasteiger partial charge in [-0.1, -0.05) is 0 Å². The minimum absolute atomic E-state index is 0.0493. The molecule has 0 atom stereocenters. The van der Waals surface area contributed by atoms with Gasteiger partial charge in [-0.25, -0.2) is 19.1 Å². The van der Waals surface area contributed by atoms with E-state index in [1.807, 2.05) is 0 Å².